The summed E-state index contributed by atoms with van der Waals surface area (Å²) in [5, 5.41) is 134. The number of esters is 1. The largest absolute Gasteiger partial charge is 0.432 e. The molecule has 24 heteroatoms. The summed E-state index contributed by atoms with van der Waals surface area (Å²) in [6, 6.07) is -1.59. The van der Waals surface area contributed by atoms with Crippen LogP contribution >= 0.6 is 0 Å². The van der Waals surface area contributed by atoms with Crippen LogP contribution in [0.1, 0.15) is 106 Å². The smallest absolute Gasteiger partial charge is 0.317 e. The van der Waals surface area contributed by atoms with E-state index in [2.05, 4.69) is 46.0 Å². The molecular formula is C54H87NO23. The lowest BCUT2D eigenvalue weighted by atomic mass is 9.34. The molecule has 28 atom stereocenters. The molecule has 5 aliphatic carbocycles. The number of hydrogen-bond donors (Lipinski definition) is 13. The summed E-state index contributed by atoms with van der Waals surface area (Å²) in [7, 11) is 1.67. The molecule has 4 aliphatic heterocycles. The number of methoxy groups -OCH3 is 1. The Morgan fingerprint density at radius 2 is 1.33 bits per heavy atom. The van der Waals surface area contributed by atoms with E-state index in [9.17, 15) is 66.1 Å². The molecule has 0 spiro atoms. The minimum absolute atomic E-state index is 0.0741. The third-order valence-electron chi connectivity index (χ3n) is 21.2. The van der Waals surface area contributed by atoms with Gasteiger partial charge in [0.05, 0.1) is 49.8 Å². The van der Waals surface area contributed by atoms with Gasteiger partial charge in [0, 0.05) is 7.11 Å². The number of carbonyl (C=O) groups excluding carboxylic acids is 2. The Hall–Kier alpha value is -2.12. The lowest BCUT2D eigenvalue weighted by Gasteiger charge is -2.71. The van der Waals surface area contributed by atoms with Crippen molar-refractivity contribution in [2.24, 2.45) is 44.8 Å². The van der Waals surface area contributed by atoms with Crippen LogP contribution in [0.4, 0.5) is 0 Å². The fraction of sp³-hybridized carbons (Fsp3) is 0.926. The summed E-state index contributed by atoms with van der Waals surface area (Å²) in [6.45, 7) is 11.8. The highest BCUT2D eigenvalue weighted by atomic mass is 16.8. The molecule has 0 aromatic rings. The minimum Gasteiger partial charge on any atom is -0.432 e. The van der Waals surface area contributed by atoms with Gasteiger partial charge in [-0.3, -0.25) is 9.59 Å². The molecule has 4 saturated heterocycles. The number of nitrogens with one attached hydrogen (secondary N) is 1. The Balaban J connectivity index is 1.01. The van der Waals surface area contributed by atoms with E-state index in [1.807, 2.05) is 6.92 Å². The molecule has 13 N–H and O–H groups in total. The van der Waals surface area contributed by atoms with E-state index in [-0.39, 0.29) is 40.9 Å². The van der Waals surface area contributed by atoms with Crippen LogP contribution in [0.2, 0.25) is 0 Å². The molecule has 0 bridgehead atoms. The summed E-state index contributed by atoms with van der Waals surface area (Å²) in [4.78, 5) is 29.2. The zero-order valence-electron chi connectivity index (χ0n) is 45.9. The number of ether oxygens (including phenoxy) is 9. The third kappa shape index (κ3) is 9.82. The number of carbonyl (C=O) groups is 2. The Labute approximate surface area is 454 Å². The Morgan fingerprint density at radius 3 is 2.00 bits per heavy atom. The van der Waals surface area contributed by atoms with Crippen molar-refractivity contribution in [1.29, 1.82) is 0 Å². The van der Waals surface area contributed by atoms with Crippen molar-refractivity contribution in [3.8, 4) is 0 Å². The van der Waals surface area contributed by atoms with Crippen LogP contribution in [-0.4, -0.2) is 235 Å². The second-order valence-corrected chi connectivity index (χ2v) is 25.8. The molecule has 446 valence electrons. The van der Waals surface area contributed by atoms with Crippen LogP contribution in [0.3, 0.4) is 0 Å². The Kier molecular flexibility index (Phi) is 17.2. The van der Waals surface area contributed by atoms with E-state index < -0.39 is 183 Å². The number of allylic oxidation sites excluding steroid dienone is 2. The maximum absolute atomic E-state index is 15.7. The lowest BCUT2D eigenvalue weighted by Crippen LogP contribution is -2.70. The summed E-state index contributed by atoms with van der Waals surface area (Å²) in [5.41, 5.74) is -2.69. The molecule has 0 radical (unpaired) electrons. The first-order valence-corrected chi connectivity index (χ1v) is 27.9. The average Bonchev–Trinajstić information content (AvgIpc) is 3.76. The fourth-order valence-electron chi connectivity index (χ4n) is 16.2. The maximum atomic E-state index is 15.7. The standard InChI is InChI=1S/C54H87NO23/c1-23-42(76-45-39(66)35(62)26(58)21-71-45)38(65)41(68)46(73-23)77-43-37(64)34(55-33(61)22-72-44-40(67)36(63)28(20-57)75-44)27(19-56)74-47(43)78-48(69)54-16-15-49(2,3)17-25(54)24-9-10-29-50(4)13-12-31(59)53(7,70-8)30(50)11-14-51(29,5)52(24,6)18-32(54)60/h9,23,25-32,34-47,56-60,62-68H,10-22H2,1-8H3,(H,55,61)/t23?,25?,26-,27?,28+,29?,30-,31+,32?,34+,35?,36?,37?,38?,39?,40?,41?,42+,43?,44-,45+,46+,47+,50?,51+,52-,53-,54-/m1/s1. The van der Waals surface area contributed by atoms with Gasteiger partial charge in [0.15, 0.2) is 25.0 Å². The molecule has 0 aromatic heterocycles. The second kappa shape index (κ2) is 22.1. The van der Waals surface area contributed by atoms with E-state index in [0.717, 1.165) is 24.8 Å². The van der Waals surface area contributed by atoms with Crippen LogP contribution in [0.15, 0.2) is 11.6 Å². The molecule has 78 heavy (non-hydrogen) atoms. The van der Waals surface area contributed by atoms with Crippen molar-refractivity contribution in [2.45, 2.75) is 235 Å². The summed E-state index contributed by atoms with van der Waals surface area (Å²) >= 11 is 0. The monoisotopic (exact) mass is 1120 g/mol. The quantitative estimate of drug-likeness (QED) is 0.0683. The van der Waals surface area contributed by atoms with Gasteiger partial charge in [-0.2, -0.15) is 0 Å². The molecule has 9 aliphatic rings. The number of rotatable bonds is 13. The Bertz CT molecular complexity index is 2190. The number of aliphatic hydroxyl groups is 12. The van der Waals surface area contributed by atoms with Crippen molar-refractivity contribution < 1.29 is 113 Å². The predicted octanol–water partition coefficient (Wildman–Crippen LogP) is -2.26. The van der Waals surface area contributed by atoms with Gasteiger partial charge in [-0.25, -0.2) is 0 Å². The highest BCUT2D eigenvalue weighted by molar-refractivity contribution is 5.80. The van der Waals surface area contributed by atoms with Gasteiger partial charge < -0.3 is 109 Å². The van der Waals surface area contributed by atoms with Crippen LogP contribution in [0.5, 0.6) is 0 Å². The normalized spacial score (nSPS) is 52.9. The summed E-state index contributed by atoms with van der Waals surface area (Å²) < 4.78 is 53.0. The van der Waals surface area contributed by atoms with Gasteiger partial charge in [-0.05, 0) is 111 Å². The minimum atomic E-state index is -2.01. The van der Waals surface area contributed by atoms with Crippen LogP contribution in [0, 0.1) is 44.8 Å². The SMILES string of the molecule is CO[C@]1(C)[C@@H]2CC[C@@]3(C)C(CC=C4C5CC(C)(C)CC[C@]5(C(=O)O[C@@H]5OC(CO)[C@H](NC(=O)CO[C@@H]6O[C@@H](CO)C(O)C6O)C(O)C5O[C@@H]5OC(C)[C@H](O[C@@H]6OC[C@@H](O)C(O)C6O)C(O)C5O)C(O)C[C@]43C)C2(C)CC[C@@H]1O. The molecular weight excluding hydrogens is 1030 g/mol. The number of aliphatic hydroxyl groups excluding tert-OH is 12. The average molecular weight is 1120 g/mol. The highest BCUT2D eigenvalue weighted by Gasteiger charge is 2.72. The van der Waals surface area contributed by atoms with E-state index >= 15 is 4.79 Å². The molecule has 9 rings (SSSR count). The summed E-state index contributed by atoms with van der Waals surface area (Å²) in [6.07, 6.45) is -22.5. The van der Waals surface area contributed by atoms with Crippen LogP contribution < -0.4 is 5.32 Å². The molecule has 1 amide bonds. The number of amides is 1. The first-order chi connectivity index (χ1) is 36.6. The maximum Gasteiger partial charge on any atom is 0.317 e. The Morgan fingerprint density at radius 1 is 0.679 bits per heavy atom. The fourth-order valence-corrected chi connectivity index (χ4v) is 16.2. The van der Waals surface area contributed by atoms with Gasteiger partial charge in [0.2, 0.25) is 12.2 Å². The van der Waals surface area contributed by atoms with E-state index in [1.165, 1.54) is 6.92 Å². The van der Waals surface area contributed by atoms with Crippen molar-refractivity contribution in [2.75, 3.05) is 33.5 Å². The topological polar surface area (TPSA) is 372 Å². The van der Waals surface area contributed by atoms with E-state index in [1.54, 1.807) is 7.11 Å². The van der Waals surface area contributed by atoms with Gasteiger partial charge in [-0.1, -0.05) is 46.3 Å². The van der Waals surface area contributed by atoms with Gasteiger partial charge in [0.25, 0.3) is 0 Å². The molecule has 4 saturated carbocycles. The first-order valence-electron chi connectivity index (χ1n) is 27.9. The van der Waals surface area contributed by atoms with Crippen molar-refractivity contribution in [3.63, 3.8) is 0 Å². The lowest BCUT2D eigenvalue weighted by molar-refractivity contribution is -0.370. The molecule has 8 fully saturated rings. The van der Waals surface area contributed by atoms with Gasteiger partial charge in [0.1, 0.15) is 79.2 Å². The van der Waals surface area contributed by atoms with Crippen LogP contribution in [0.25, 0.3) is 0 Å². The molecule has 14 unspecified atom stereocenters. The third-order valence-corrected chi connectivity index (χ3v) is 21.2. The van der Waals surface area contributed by atoms with Crippen molar-refractivity contribution >= 4 is 11.9 Å². The van der Waals surface area contributed by atoms with Crippen molar-refractivity contribution in [3.05, 3.63) is 11.6 Å². The zero-order chi connectivity index (χ0) is 57.0. The summed E-state index contributed by atoms with van der Waals surface area (Å²) in [5.74, 6) is -2.15. The first kappa shape index (κ1) is 60.5. The zero-order valence-corrected chi connectivity index (χ0v) is 45.9. The second-order valence-electron chi connectivity index (χ2n) is 25.8. The number of hydrogen-bond acceptors (Lipinski definition) is 23. The molecule has 24 nitrogen and oxygen atoms in total. The molecule has 0 aromatic carbocycles. The van der Waals surface area contributed by atoms with E-state index in [4.69, 9.17) is 42.6 Å². The van der Waals surface area contributed by atoms with E-state index in [0.29, 0.717) is 25.7 Å². The van der Waals surface area contributed by atoms with Crippen LogP contribution in [-0.2, 0) is 52.2 Å². The molecule has 4 heterocycles. The van der Waals surface area contributed by atoms with Crippen molar-refractivity contribution in [1.82, 2.24) is 5.32 Å². The predicted molar refractivity (Wildman–Crippen MR) is 265 cm³/mol. The highest BCUT2D eigenvalue weighted by Crippen LogP contribution is 2.75. The number of fused-ring (bicyclic) bond motifs is 7. The van der Waals surface area contributed by atoms with Gasteiger partial charge in [-0.15, -0.1) is 0 Å². The van der Waals surface area contributed by atoms with Gasteiger partial charge >= 0.3 is 5.97 Å².